The van der Waals surface area contributed by atoms with E-state index in [9.17, 15) is 18.4 Å². The van der Waals surface area contributed by atoms with Gasteiger partial charge in [-0.05, 0) is 42.9 Å². The van der Waals surface area contributed by atoms with Crippen molar-refractivity contribution in [1.29, 1.82) is 0 Å². The van der Waals surface area contributed by atoms with E-state index in [1.165, 1.54) is 12.1 Å². The zero-order chi connectivity index (χ0) is 18.4. The lowest BCUT2D eigenvalue weighted by Gasteiger charge is -2.26. The molecule has 1 aromatic carbocycles. The summed E-state index contributed by atoms with van der Waals surface area (Å²) >= 11 is 0. The lowest BCUT2D eigenvalue weighted by Crippen LogP contribution is -2.40. The van der Waals surface area contributed by atoms with Crippen LogP contribution in [0.3, 0.4) is 0 Å². The van der Waals surface area contributed by atoms with Crippen molar-refractivity contribution in [2.45, 2.75) is 44.9 Å². The van der Waals surface area contributed by atoms with E-state index < -0.39 is 29.4 Å². The molecule has 0 bridgehead atoms. The number of amides is 2. The summed E-state index contributed by atoms with van der Waals surface area (Å²) in [4.78, 5) is 24.3. The monoisotopic (exact) mass is 352 g/mol. The summed E-state index contributed by atoms with van der Waals surface area (Å²) in [5.41, 5.74) is 6.02. The number of hydrogen-bond donors (Lipinski definition) is 2. The number of hydrogen-bond acceptors (Lipinski definition) is 2. The molecule has 138 valence electrons. The van der Waals surface area contributed by atoms with Crippen molar-refractivity contribution < 1.29 is 18.4 Å². The Balaban J connectivity index is 2.11. The molecule has 2 amide bonds. The van der Waals surface area contributed by atoms with E-state index in [2.05, 4.69) is 5.32 Å². The normalized spacial score (nSPS) is 17.2. The molecule has 2 rings (SSSR count). The van der Waals surface area contributed by atoms with Crippen LogP contribution in [0.15, 0.2) is 18.2 Å². The van der Waals surface area contributed by atoms with Crippen molar-refractivity contribution in [2.24, 2.45) is 23.5 Å². The summed E-state index contributed by atoms with van der Waals surface area (Å²) in [6.07, 6.45) is 5.64. The Bertz CT molecular complexity index is 595. The quantitative estimate of drug-likeness (QED) is 0.755. The molecule has 1 aliphatic carbocycles. The fraction of sp³-hybridized carbons (Fsp3) is 0.579. The van der Waals surface area contributed by atoms with Crippen molar-refractivity contribution in [2.75, 3.05) is 7.05 Å². The van der Waals surface area contributed by atoms with Crippen molar-refractivity contribution in [1.82, 2.24) is 5.32 Å². The SMILES string of the molecule is CNC(=O)C(CC1CCCC1)C(CCc1cc(F)cc(F)c1)C(N)=O. The Morgan fingerprint density at radius 1 is 1.16 bits per heavy atom. The predicted molar refractivity (Wildman–Crippen MR) is 91.5 cm³/mol. The first-order valence-electron chi connectivity index (χ1n) is 8.86. The first kappa shape index (κ1) is 19.3. The molecule has 4 nitrogen and oxygen atoms in total. The van der Waals surface area contributed by atoms with Crippen molar-refractivity contribution >= 4 is 11.8 Å². The molecular formula is C19H26F2N2O2. The minimum Gasteiger partial charge on any atom is -0.369 e. The average molecular weight is 352 g/mol. The fourth-order valence-corrected chi connectivity index (χ4v) is 3.86. The van der Waals surface area contributed by atoms with Gasteiger partial charge in [0.15, 0.2) is 0 Å². The van der Waals surface area contributed by atoms with Crippen LogP contribution in [0.5, 0.6) is 0 Å². The standard InChI is InChI=1S/C19H26F2N2O2/c1-23-19(25)17(10-12-4-2-3-5-12)16(18(22)24)7-6-13-8-14(20)11-15(21)9-13/h8-9,11-12,16-17H,2-7,10H2,1H3,(H2,22,24)(H,23,25). The number of carbonyl (C=O) groups is 2. The van der Waals surface area contributed by atoms with Gasteiger partial charge in [-0.3, -0.25) is 9.59 Å². The van der Waals surface area contributed by atoms with Gasteiger partial charge in [0.05, 0.1) is 0 Å². The van der Waals surface area contributed by atoms with E-state index in [-0.39, 0.29) is 5.91 Å². The van der Waals surface area contributed by atoms with Gasteiger partial charge in [-0.2, -0.15) is 0 Å². The highest BCUT2D eigenvalue weighted by atomic mass is 19.1. The molecule has 0 heterocycles. The molecule has 6 heteroatoms. The molecule has 0 aliphatic heterocycles. The topological polar surface area (TPSA) is 72.2 Å². The van der Waals surface area contributed by atoms with Gasteiger partial charge < -0.3 is 11.1 Å². The van der Waals surface area contributed by atoms with Crippen molar-refractivity contribution in [3.05, 3.63) is 35.4 Å². The molecule has 1 fully saturated rings. The molecule has 0 saturated heterocycles. The predicted octanol–water partition coefficient (Wildman–Crippen LogP) is 2.94. The number of aryl methyl sites for hydroxylation is 1. The molecule has 0 radical (unpaired) electrons. The third kappa shape index (κ3) is 5.51. The van der Waals surface area contributed by atoms with Crippen LogP contribution in [0.2, 0.25) is 0 Å². The summed E-state index contributed by atoms with van der Waals surface area (Å²) in [6.45, 7) is 0. The van der Waals surface area contributed by atoms with E-state index in [1.807, 2.05) is 0 Å². The van der Waals surface area contributed by atoms with E-state index in [4.69, 9.17) is 5.73 Å². The number of primary amides is 1. The van der Waals surface area contributed by atoms with Crippen LogP contribution in [0, 0.1) is 29.4 Å². The van der Waals surface area contributed by atoms with Gasteiger partial charge in [0.2, 0.25) is 11.8 Å². The van der Waals surface area contributed by atoms with Gasteiger partial charge in [-0.25, -0.2) is 8.78 Å². The first-order chi connectivity index (χ1) is 11.9. The number of nitrogens with two attached hydrogens (primary N) is 1. The molecule has 0 aromatic heterocycles. The highest BCUT2D eigenvalue weighted by Gasteiger charge is 2.34. The van der Waals surface area contributed by atoms with Crippen molar-refractivity contribution in [3.63, 3.8) is 0 Å². The highest BCUT2D eigenvalue weighted by molar-refractivity contribution is 5.86. The van der Waals surface area contributed by atoms with Crippen LogP contribution in [-0.4, -0.2) is 18.9 Å². The number of halogens is 2. The maximum Gasteiger partial charge on any atom is 0.223 e. The summed E-state index contributed by atoms with van der Waals surface area (Å²) in [6, 6.07) is 3.29. The van der Waals surface area contributed by atoms with Gasteiger partial charge in [-0.15, -0.1) is 0 Å². The summed E-state index contributed by atoms with van der Waals surface area (Å²) in [7, 11) is 1.55. The lowest BCUT2D eigenvalue weighted by atomic mass is 9.79. The molecule has 1 aromatic rings. The van der Waals surface area contributed by atoms with E-state index in [0.717, 1.165) is 31.7 Å². The van der Waals surface area contributed by atoms with Crippen LogP contribution in [-0.2, 0) is 16.0 Å². The summed E-state index contributed by atoms with van der Waals surface area (Å²) in [5, 5.41) is 2.62. The smallest absolute Gasteiger partial charge is 0.223 e. The highest BCUT2D eigenvalue weighted by Crippen LogP contribution is 2.34. The summed E-state index contributed by atoms with van der Waals surface area (Å²) < 4.78 is 26.7. The Morgan fingerprint density at radius 2 is 1.76 bits per heavy atom. The van der Waals surface area contributed by atoms with Crippen LogP contribution >= 0.6 is 0 Å². The van der Waals surface area contributed by atoms with Gasteiger partial charge in [-0.1, -0.05) is 25.7 Å². The Morgan fingerprint density at radius 3 is 2.28 bits per heavy atom. The summed E-state index contributed by atoms with van der Waals surface area (Å²) in [5.74, 6) is -2.75. The van der Waals surface area contributed by atoms with Gasteiger partial charge >= 0.3 is 0 Å². The van der Waals surface area contributed by atoms with E-state index in [1.54, 1.807) is 7.05 Å². The third-order valence-electron chi connectivity index (χ3n) is 5.16. The van der Waals surface area contributed by atoms with Crippen LogP contribution in [0.4, 0.5) is 8.78 Å². The number of rotatable bonds is 8. The van der Waals surface area contributed by atoms with Gasteiger partial charge in [0.25, 0.3) is 0 Å². The average Bonchev–Trinajstić information content (AvgIpc) is 3.05. The second-order valence-electron chi connectivity index (χ2n) is 6.93. The Labute approximate surface area is 147 Å². The molecule has 3 N–H and O–H groups in total. The number of carbonyl (C=O) groups excluding carboxylic acids is 2. The fourth-order valence-electron chi connectivity index (χ4n) is 3.86. The molecular weight excluding hydrogens is 326 g/mol. The lowest BCUT2D eigenvalue weighted by molar-refractivity contribution is -0.134. The number of benzene rings is 1. The third-order valence-corrected chi connectivity index (χ3v) is 5.16. The second kappa shape index (κ2) is 8.92. The first-order valence-corrected chi connectivity index (χ1v) is 8.86. The molecule has 25 heavy (non-hydrogen) atoms. The molecule has 1 saturated carbocycles. The molecule has 0 spiro atoms. The van der Waals surface area contributed by atoms with Crippen molar-refractivity contribution in [3.8, 4) is 0 Å². The number of nitrogens with one attached hydrogen (secondary N) is 1. The van der Waals surface area contributed by atoms with Gasteiger partial charge in [0.1, 0.15) is 11.6 Å². The second-order valence-corrected chi connectivity index (χ2v) is 6.93. The minimum absolute atomic E-state index is 0.193. The zero-order valence-electron chi connectivity index (χ0n) is 14.6. The maximum atomic E-state index is 13.3. The molecule has 2 atom stereocenters. The maximum absolute atomic E-state index is 13.3. The van der Waals surface area contributed by atoms with Gasteiger partial charge in [0, 0.05) is 24.9 Å². The minimum atomic E-state index is -0.653. The Kier molecular flexibility index (Phi) is 6.91. The largest absolute Gasteiger partial charge is 0.369 e. The van der Waals surface area contributed by atoms with Crippen LogP contribution in [0.25, 0.3) is 0 Å². The van der Waals surface area contributed by atoms with Crippen LogP contribution in [0.1, 0.15) is 44.1 Å². The van der Waals surface area contributed by atoms with E-state index in [0.29, 0.717) is 30.7 Å². The van der Waals surface area contributed by atoms with E-state index >= 15 is 0 Å². The zero-order valence-corrected chi connectivity index (χ0v) is 14.6. The molecule has 1 aliphatic rings. The Hall–Kier alpha value is -1.98. The van der Waals surface area contributed by atoms with Crippen LogP contribution < -0.4 is 11.1 Å². The molecule has 2 unspecified atom stereocenters.